The molecule has 0 N–H and O–H groups in total. The predicted molar refractivity (Wildman–Crippen MR) is 49.7 cm³/mol. The van der Waals surface area contributed by atoms with Crippen LogP contribution >= 0.6 is 0 Å². The number of sulfone groups is 1. The Kier molecular flexibility index (Phi) is 2.52. The molecule has 0 spiro atoms. The number of rotatable bonds is 2. The quantitative estimate of drug-likeness (QED) is 0.671. The van der Waals surface area contributed by atoms with Gasteiger partial charge in [-0.15, -0.1) is 0 Å². The first kappa shape index (κ1) is 9.92. The lowest BCUT2D eigenvalue weighted by molar-refractivity contribution is 0.112. The molecule has 1 aromatic carbocycles. The summed E-state index contributed by atoms with van der Waals surface area (Å²) in [7, 11) is -3.17. The van der Waals surface area contributed by atoms with Gasteiger partial charge in [-0.1, -0.05) is 6.07 Å². The third-order valence-corrected chi connectivity index (χ3v) is 2.91. The van der Waals surface area contributed by atoms with E-state index in [1.54, 1.807) is 6.92 Å². The fourth-order valence-corrected chi connectivity index (χ4v) is 1.72. The fraction of sp³-hybridized carbons (Fsp3) is 0.222. The van der Waals surface area contributed by atoms with Crippen LogP contribution in [0, 0.1) is 6.92 Å². The lowest BCUT2D eigenvalue weighted by atomic mass is 10.1. The Labute approximate surface area is 77.3 Å². The van der Waals surface area contributed by atoms with Crippen molar-refractivity contribution >= 4 is 16.1 Å². The zero-order valence-electron chi connectivity index (χ0n) is 7.44. The van der Waals surface area contributed by atoms with Gasteiger partial charge in [-0.2, -0.15) is 0 Å². The van der Waals surface area contributed by atoms with Crippen LogP contribution in [0.4, 0.5) is 0 Å². The molecule has 0 aliphatic heterocycles. The molecule has 13 heavy (non-hydrogen) atoms. The van der Waals surface area contributed by atoms with Gasteiger partial charge in [0.1, 0.15) is 6.29 Å². The van der Waals surface area contributed by atoms with Crippen LogP contribution in [0.15, 0.2) is 23.1 Å². The molecule has 0 aromatic heterocycles. The molecular formula is C9H10O3S. The first-order valence-corrected chi connectivity index (χ1v) is 5.60. The minimum Gasteiger partial charge on any atom is -0.298 e. The third-order valence-electron chi connectivity index (χ3n) is 1.80. The summed E-state index contributed by atoms with van der Waals surface area (Å²) in [6.45, 7) is 1.71. The standard InChI is InChI=1S/C9H10O3S/c1-7-5-9(13(2,11)12)4-3-8(7)6-10/h3-6H,1-2H3. The maximum atomic E-state index is 11.1. The van der Waals surface area contributed by atoms with Gasteiger partial charge in [0.15, 0.2) is 9.84 Å². The molecule has 0 amide bonds. The third kappa shape index (κ3) is 2.15. The number of hydrogen-bond donors (Lipinski definition) is 0. The van der Waals surface area contributed by atoms with Crippen LogP contribution in [0.3, 0.4) is 0 Å². The zero-order chi connectivity index (χ0) is 10.1. The van der Waals surface area contributed by atoms with Crippen molar-refractivity contribution in [1.29, 1.82) is 0 Å². The average molecular weight is 198 g/mol. The molecule has 1 aromatic rings. The van der Waals surface area contributed by atoms with E-state index in [-0.39, 0.29) is 4.90 Å². The summed E-state index contributed by atoms with van der Waals surface area (Å²) in [5, 5.41) is 0. The Bertz CT molecular complexity index is 432. The molecule has 4 heteroatoms. The number of aldehydes is 1. The predicted octanol–water partition coefficient (Wildman–Crippen LogP) is 1.21. The lowest BCUT2D eigenvalue weighted by Crippen LogP contribution is -1.98. The van der Waals surface area contributed by atoms with E-state index in [2.05, 4.69) is 0 Å². The van der Waals surface area contributed by atoms with E-state index < -0.39 is 9.84 Å². The maximum absolute atomic E-state index is 11.1. The molecule has 0 bridgehead atoms. The number of carbonyl (C=O) groups excluding carboxylic acids is 1. The van der Waals surface area contributed by atoms with Crippen molar-refractivity contribution in [3.63, 3.8) is 0 Å². The van der Waals surface area contributed by atoms with E-state index in [0.717, 1.165) is 6.26 Å². The van der Waals surface area contributed by atoms with E-state index in [0.29, 0.717) is 17.4 Å². The average Bonchev–Trinajstić information content (AvgIpc) is 2.02. The van der Waals surface area contributed by atoms with Gasteiger partial charge in [0.2, 0.25) is 0 Å². The highest BCUT2D eigenvalue weighted by atomic mass is 32.2. The number of aryl methyl sites for hydroxylation is 1. The van der Waals surface area contributed by atoms with Gasteiger partial charge in [-0.3, -0.25) is 4.79 Å². The van der Waals surface area contributed by atoms with E-state index in [9.17, 15) is 13.2 Å². The minimum atomic E-state index is -3.17. The molecule has 3 nitrogen and oxygen atoms in total. The van der Waals surface area contributed by atoms with E-state index in [4.69, 9.17) is 0 Å². The fourth-order valence-electron chi connectivity index (χ4n) is 1.01. The Morgan fingerprint density at radius 3 is 2.31 bits per heavy atom. The van der Waals surface area contributed by atoms with Gasteiger partial charge < -0.3 is 0 Å². The number of carbonyl (C=O) groups is 1. The van der Waals surface area contributed by atoms with Crippen LogP contribution in [0.2, 0.25) is 0 Å². The normalized spacial score (nSPS) is 11.2. The highest BCUT2D eigenvalue weighted by Crippen LogP contribution is 2.13. The summed E-state index contributed by atoms with van der Waals surface area (Å²) in [4.78, 5) is 10.7. The van der Waals surface area contributed by atoms with Crippen molar-refractivity contribution in [3.05, 3.63) is 29.3 Å². The minimum absolute atomic E-state index is 0.246. The molecule has 0 unspecified atom stereocenters. The van der Waals surface area contributed by atoms with Crippen LogP contribution in [0.5, 0.6) is 0 Å². The second-order valence-corrected chi connectivity index (χ2v) is 4.92. The highest BCUT2D eigenvalue weighted by molar-refractivity contribution is 7.90. The number of hydrogen-bond acceptors (Lipinski definition) is 3. The largest absolute Gasteiger partial charge is 0.298 e. The van der Waals surface area contributed by atoms with E-state index in [1.807, 2.05) is 0 Å². The van der Waals surface area contributed by atoms with Crippen molar-refractivity contribution in [2.24, 2.45) is 0 Å². The summed E-state index contributed by atoms with van der Waals surface area (Å²) < 4.78 is 22.2. The van der Waals surface area contributed by atoms with Crippen molar-refractivity contribution < 1.29 is 13.2 Å². The summed E-state index contributed by atoms with van der Waals surface area (Å²) >= 11 is 0. The van der Waals surface area contributed by atoms with E-state index >= 15 is 0 Å². The van der Waals surface area contributed by atoms with Gasteiger partial charge in [0.25, 0.3) is 0 Å². The SMILES string of the molecule is Cc1cc(S(C)(=O)=O)ccc1C=O. The van der Waals surface area contributed by atoms with Crippen LogP contribution in [0.25, 0.3) is 0 Å². The van der Waals surface area contributed by atoms with Crippen molar-refractivity contribution in [2.45, 2.75) is 11.8 Å². The first-order chi connectivity index (χ1) is 5.95. The van der Waals surface area contributed by atoms with Crippen LogP contribution < -0.4 is 0 Å². The molecule has 0 aliphatic rings. The molecule has 70 valence electrons. The Hall–Kier alpha value is -1.16. The van der Waals surface area contributed by atoms with Crippen molar-refractivity contribution in [2.75, 3.05) is 6.26 Å². The van der Waals surface area contributed by atoms with Gasteiger partial charge in [0, 0.05) is 11.8 Å². The van der Waals surface area contributed by atoms with Crippen molar-refractivity contribution in [1.82, 2.24) is 0 Å². The van der Waals surface area contributed by atoms with Crippen LogP contribution in [-0.4, -0.2) is 21.0 Å². The molecule has 0 saturated carbocycles. The maximum Gasteiger partial charge on any atom is 0.175 e. The van der Waals surface area contributed by atoms with Gasteiger partial charge in [0.05, 0.1) is 4.90 Å². The second kappa shape index (κ2) is 3.30. The van der Waals surface area contributed by atoms with Gasteiger partial charge in [-0.25, -0.2) is 8.42 Å². The molecule has 0 aliphatic carbocycles. The molecule has 0 fully saturated rings. The smallest absolute Gasteiger partial charge is 0.175 e. The number of benzene rings is 1. The molecule has 0 radical (unpaired) electrons. The lowest BCUT2D eigenvalue weighted by Gasteiger charge is -2.01. The van der Waals surface area contributed by atoms with Gasteiger partial charge in [-0.05, 0) is 24.6 Å². The monoisotopic (exact) mass is 198 g/mol. The first-order valence-electron chi connectivity index (χ1n) is 3.71. The molecule has 0 heterocycles. The summed E-state index contributed by atoms with van der Waals surface area (Å²) in [5.74, 6) is 0. The van der Waals surface area contributed by atoms with E-state index in [1.165, 1.54) is 18.2 Å². The Balaban J connectivity index is 3.34. The Morgan fingerprint density at radius 1 is 1.31 bits per heavy atom. The molecule has 1 rings (SSSR count). The highest BCUT2D eigenvalue weighted by Gasteiger charge is 2.07. The topological polar surface area (TPSA) is 51.2 Å². The second-order valence-electron chi connectivity index (χ2n) is 2.91. The van der Waals surface area contributed by atoms with Crippen LogP contribution in [0.1, 0.15) is 15.9 Å². The molecule has 0 atom stereocenters. The summed E-state index contributed by atoms with van der Waals surface area (Å²) in [5.41, 5.74) is 1.20. The molecular weight excluding hydrogens is 188 g/mol. The summed E-state index contributed by atoms with van der Waals surface area (Å²) in [6, 6.07) is 4.45. The van der Waals surface area contributed by atoms with Gasteiger partial charge >= 0.3 is 0 Å². The zero-order valence-corrected chi connectivity index (χ0v) is 8.26. The molecule has 0 saturated heterocycles. The van der Waals surface area contributed by atoms with Crippen molar-refractivity contribution in [3.8, 4) is 0 Å². The Morgan fingerprint density at radius 2 is 1.92 bits per heavy atom. The van der Waals surface area contributed by atoms with Crippen LogP contribution in [-0.2, 0) is 9.84 Å². The summed E-state index contributed by atoms with van der Waals surface area (Å²) in [6.07, 6.45) is 1.85.